The van der Waals surface area contributed by atoms with Crippen LogP contribution in [-0.2, 0) is 10.0 Å². The SMILES string of the molecule is C=CCCCN(C)C(=NCCNS(=O)(=O)c1cc(C)sc1C)NCC. The normalized spacial score (nSPS) is 12.2. The highest BCUT2D eigenvalue weighted by Gasteiger charge is 2.18. The second kappa shape index (κ2) is 10.6. The molecule has 1 aromatic heterocycles. The van der Waals surface area contributed by atoms with Crippen molar-refractivity contribution in [2.24, 2.45) is 4.99 Å². The molecule has 0 amide bonds. The number of thiophene rings is 1. The number of hydrogen-bond donors (Lipinski definition) is 2. The Labute approximate surface area is 156 Å². The number of aliphatic imine (C=N–C) groups is 1. The van der Waals surface area contributed by atoms with Crippen LogP contribution in [0.5, 0.6) is 0 Å². The van der Waals surface area contributed by atoms with Crippen molar-refractivity contribution in [2.45, 2.75) is 38.5 Å². The van der Waals surface area contributed by atoms with Gasteiger partial charge in [-0.15, -0.1) is 17.9 Å². The minimum atomic E-state index is -3.47. The number of nitrogens with one attached hydrogen (secondary N) is 2. The molecule has 1 aromatic rings. The van der Waals surface area contributed by atoms with Crippen molar-refractivity contribution >= 4 is 27.3 Å². The van der Waals surface area contributed by atoms with Crippen molar-refractivity contribution < 1.29 is 8.42 Å². The first-order valence-corrected chi connectivity index (χ1v) is 10.8. The van der Waals surface area contributed by atoms with Crippen molar-refractivity contribution in [3.8, 4) is 0 Å². The smallest absolute Gasteiger partial charge is 0.241 e. The Balaban J connectivity index is 2.60. The number of guanidine groups is 1. The lowest BCUT2D eigenvalue weighted by molar-refractivity contribution is 0.470. The standard InChI is InChI=1S/C17H30N4O2S2/c1-6-8-9-12-21(5)17(18-7-2)19-10-11-20-25(22,23)16-13-14(3)24-15(16)4/h6,13,20H,1,7-12H2,2-5H3,(H,18,19). The molecule has 0 aromatic carbocycles. The minimum Gasteiger partial charge on any atom is -0.357 e. The summed E-state index contributed by atoms with van der Waals surface area (Å²) in [7, 11) is -1.49. The van der Waals surface area contributed by atoms with Crippen LogP contribution in [0.2, 0.25) is 0 Å². The molecule has 1 heterocycles. The average Bonchev–Trinajstić information content (AvgIpc) is 2.90. The Kier molecular flexibility index (Phi) is 9.16. The van der Waals surface area contributed by atoms with Crippen LogP contribution in [0, 0.1) is 13.8 Å². The molecule has 0 radical (unpaired) electrons. The third kappa shape index (κ3) is 7.17. The van der Waals surface area contributed by atoms with Crippen LogP contribution in [0.25, 0.3) is 0 Å². The molecule has 8 heteroatoms. The largest absolute Gasteiger partial charge is 0.357 e. The fourth-order valence-corrected chi connectivity index (χ4v) is 4.92. The van der Waals surface area contributed by atoms with Crippen LogP contribution in [-0.4, -0.2) is 52.5 Å². The summed E-state index contributed by atoms with van der Waals surface area (Å²) < 4.78 is 27.3. The fourth-order valence-electron chi connectivity index (χ4n) is 2.34. The first-order valence-electron chi connectivity index (χ1n) is 8.48. The van der Waals surface area contributed by atoms with Gasteiger partial charge in [0.2, 0.25) is 10.0 Å². The maximum absolute atomic E-state index is 12.4. The zero-order valence-electron chi connectivity index (χ0n) is 15.6. The second-order valence-corrected chi connectivity index (χ2v) is 8.96. The summed E-state index contributed by atoms with van der Waals surface area (Å²) in [6.07, 6.45) is 3.87. The summed E-state index contributed by atoms with van der Waals surface area (Å²) in [5.74, 6) is 0.785. The van der Waals surface area contributed by atoms with E-state index in [1.165, 1.54) is 11.3 Å². The molecular formula is C17H30N4O2S2. The van der Waals surface area contributed by atoms with Gasteiger partial charge in [0.1, 0.15) is 0 Å². The molecule has 0 saturated carbocycles. The number of allylic oxidation sites excluding steroid dienone is 1. The van der Waals surface area contributed by atoms with E-state index in [0.717, 1.165) is 41.6 Å². The van der Waals surface area contributed by atoms with E-state index >= 15 is 0 Å². The number of rotatable bonds is 10. The number of unbranched alkanes of at least 4 members (excludes halogenated alkanes) is 1. The van der Waals surface area contributed by atoms with Gasteiger partial charge in [0, 0.05) is 36.4 Å². The Morgan fingerprint density at radius 1 is 1.44 bits per heavy atom. The number of aryl methyl sites for hydroxylation is 2. The third-order valence-corrected chi connectivity index (χ3v) is 6.23. The molecule has 0 atom stereocenters. The van der Waals surface area contributed by atoms with E-state index in [4.69, 9.17) is 0 Å². The van der Waals surface area contributed by atoms with Gasteiger partial charge < -0.3 is 10.2 Å². The molecule has 0 unspecified atom stereocenters. The van der Waals surface area contributed by atoms with E-state index < -0.39 is 10.0 Å². The zero-order chi connectivity index (χ0) is 18.9. The fraction of sp³-hybridized carbons (Fsp3) is 0.588. The maximum atomic E-state index is 12.4. The first kappa shape index (κ1) is 21.7. The molecule has 1 rings (SSSR count). The van der Waals surface area contributed by atoms with Gasteiger partial charge in [0.15, 0.2) is 5.96 Å². The topological polar surface area (TPSA) is 73.8 Å². The van der Waals surface area contributed by atoms with Gasteiger partial charge >= 0.3 is 0 Å². The molecule has 0 spiro atoms. The van der Waals surface area contributed by atoms with E-state index in [1.54, 1.807) is 6.07 Å². The van der Waals surface area contributed by atoms with Crippen LogP contribution in [0.15, 0.2) is 28.6 Å². The van der Waals surface area contributed by atoms with Gasteiger partial charge in [-0.25, -0.2) is 13.1 Å². The number of sulfonamides is 1. The molecule has 0 aliphatic rings. The second-order valence-electron chi connectivity index (χ2n) is 5.76. The maximum Gasteiger partial charge on any atom is 0.241 e. The highest BCUT2D eigenvalue weighted by Crippen LogP contribution is 2.24. The molecule has 0 aliphatic heterocycles. The summed E-state index contributed by atoms with van der Waals surface area (Å²) in [5, 5.41) is 3.23. The summed E-state index contributed by atoms with van der Waals surface area (Å²) >= 11 is 1.49. The van der Waals surface area contributed by atoms with Gasteiger partial charge in [-0.05, 0) is 39.7 Å². The molecule has 0 aliphatic carbocycles. The lowest BCUT2D eigenvalue weighted by Crippen LogP contribution is -2.40. The lowest BCUT2D eigenvalue weighted by atomic mass is 10.3. The van der Waals surface area contributed by atoms with Crippen molar-refractivity contribution in [3.05, 3.63) is 28.5 Å². The number of nitrogens with zero attached hydrogens (tertiary/aromatic N) is 2. The summed E-state index contributed by atoms with van der Waals surface area (Å²) in [6, 6.07) is 1.71. The summed E-state index contributed by atoms with van der Waals surface area (Å²) in [4.78, 5) is 8.72. The molecule has 2 N–H and O–H groups in total. The van der Waals surface area contributed by atoms with Crippen molar-refractivity contribution in [1.29, 1.82) is 0 Å². The van der Waals surface area contributed by atoms with Crippen molar-refractivity contribution in [3.63, 3.8) is 0 Å². The molecule has 0 bridgehead atoms. The van der Waals surface area contributed by atoms with E-state index in [9.17, 15) is 8.42 Å². The monoisotopic (exact) mass is 386 g/mol. The molecule has 0 saturated heterocycles. The van der Waals surface area contributed by atoms with Crippen molar-refractivity contribution in [1.82, 2.24) is 14.9 Å². The van der Waals surface area contributed by atoms with Gasteiger partial charge in [-0.3, -0.25) is 4.99 Å². The predicted octanol–water partition coefficient (Wildman–Crippen LogP) is 2.51. The summed E-state index contributed by atoms with van der Waals surface area (Å²) in [5.41, 5.74) is 0. The molecular weight excluding hydrogens is 356 g/mol. The van der Waals surface area contributed by atoms with Gasteiger partial charge in [-0.1, -0.05) is 6.08 Å². The van der Waals surface area contributed by atoms with Crippen LogP contribution in [0.3, 0.4) is 0 Å². The molecule has 0 fully saturated rings. The average molecular weight is 387 g/mol. The molecule has 6 nitrogen and oxygen atoms in total. The number of hydrogen-bond acceptors (Lipinski definition) is 4. The van der Waals surface area contributed by atoms with E-state index in [-0.39, 0.29) is 6.54 Å². The van der Waals surface area contributed by atoms with Crippen LogP contribution in [0.4, 0.5) is 0 Å². The highest BCUT2D eigenvalue weighted by molar-refractivity contribution is 7.89. The first-order chi connectivity index (χ1) is 11.8. The summed E-state index contributed by atoms with van der Waals surface area (Å²) in [6.45, 7) is 11.8. The lowest BCUT2D eigenvalue weighted by Gasteiger charge is -2.21. The zero-order valence-corrected chi connectivity index (χ0v) is 17.3. The molecule has 25 heavy (non-hydrogen) atoms. The van der Waals surface area contributed by atoms with Gasteiger partial charge in [0.25, 0.3) is 0 Å². The Bertz CT molecular complexity index is 681. The van der Waals surface area contributed by atoms with E-state index in [1.807, 2.05) is 38.8 Å². The molecule has 142 valence electrons. The Morgan fingerprint density at radius 3 is 2.72 bits per heavy atom. The van der Waals surface area contributed by atoms with Crippen LogP contribution >= 0.6 is 11.3 Å². The van der Waals surface area contributed by atoms with E-state index in [0.29, 0.717) is 11.4 Å². The quantitative estimate of drug-likeness (QED) is 0.280. The Hall–Kier alpha value is -1.38. The highest BCUT2D eigenvalue weighted by atomic mass is 32.2. The third-order valence-electron chi connectivity index (χ3n) is 3.55. The predicted molar refractivity (Wildman–Crippen MR) is 107 cm³/mol. The van der Waals surface area contributed by atoms with Crippen molar-refractivity contribution in [2.75, 3.05) is 33.2 Å². The Morgan fingerprint density at radius 2 is 2.16 bits per heavy atom. The van der Waals surface area contributed by atoms with Gasteiger partial charge in [-0.2, -0.15) is 0 Å². The van der Waals surface area contributed by atoms with Crippen LogP contribution in [0.1, 0.15) is 29.5 Å². The van der Waals surface area contributed by atoms with Crippen LogP contribution < -0.4 is 10.0 Å². The van der Waals surface area contributed by atoms with E-state index in [2.05, 4.69) is 21.6 Å². The van der Waals surface area contributed by atoms with Gasteiger partial charge in [0.05, 0.1) is 11.4 Å². The minimum absolute atomic E-state index is 0.270.